The number of hydrogen-bond donors (Lipinski definition) is 1. The Morgan fingerprint density at radius 2 is 1.89 bits per heavy atom. The van der Waals surface area contributed by atoms with Gasteiger partial charge in [-0.25, -0.2) is 0 Å². The molecule has 0 aromatic carbocycles. The van der Waals surface area contributed by atoms with E-state index in [4.69, 9.17) is 0 Å². The Morgan fingerprint density at radius 1 is 1.00 bits per heavy atom. The van der Waals surface area contributed by atoms with Crippen LogP contribution in [0.5, 0.6) is 0 Å². The fourth-order valence-electron chi connectivity index (χ4n) is 2.53. The Bertz CT molecular complexity index is 111. The second kappa shape index (κ2) is 1.98. The molecule has 2 aliphatic carbocycles. The molecule has 0 saturated heterocycles. The molecular weight excluding hydrogens is 112 g/mol. The van der Waals surface area contributed by atoms with Crippen molar-refractivity contribution in [2.75, 3.05) is 0 Å². The third kappa shape index (κ3) is 0.787. The van der Waals surface area contributed by atoms with E-state index in [-0.39, 0.29) is 6.10 Å². The van der Waals surface area contributed by atoms with Gasteiger partial charge in [-0.3, -0.25) is 0 Å². The molecule has 0 heterocycles. The van der Waals surface area contributed by atoms with Crippen molar-refractivity contribution in [1.82, 2.24) is 0 Å². The Morgan fingerprint density at radius 3 is 2.67 bits per heavy atom. The first-order valence-corrected chi connectivity index (χ1v) is 4.06. The summed E-state index contributed by atoms with van der Waals surface area (Å²) in [6, 6.07) is 0. The predicted molar refractivity (Wildman–Crippen MR) is 36.1 cm³/mol. The van der Waals surface area contributed by atoms with Gasteiger partial charge >= 0.3 is 0 Å². The van der Waals surface area contributed by atoms with Gasteiger partial charge in [0.1, 0.15) is 0 Å². The zero-order valence-corrected chi connectivity index (χ0v) is 5.71. The van der Waals surface area contributed by atoms with Gasteiger partial charge in [-0.1, -0.05) is 12.8 Å². The molecule has 0 amide bonds. The summed E-state index contributed by atoms with van der Waals surface area (Å²) >= 11 is 0. The van der Waals surface area contributed by atoms with E-state index in [0.29, 0.717) is 5.92 Å². The van der Waals surface area contributed by atoms with Crippen molar-refractivity contribution in [3.8, 4) is 0 Å². The topological polar surface area (TPSA) is 20.2 Å². The highest BCUT2D eigenvalue weighted by Crippen LogP contribution is 2.43. The lowest BCUT2D eigenvalue weighted by Gasteiger charge is -2.10. The van der Waals surface area contributed by atoms with Crippen molar-refractivity contribution in [2.24, 2.45) is 11.8 Å². The summed E-state index contributed by atoms with van der Waals surface area (Å²) in [5.74, 6) is 1.60. The summed E-state index contributed by atoms with van der Waals surface area (Å²) in [6.07, 6.45) is 6.50. The minimum absolute atomic E-state index is 0.0671. The molecule has 1 N–H and O–H groups in total. The van der Waals surface area contributed by atoms with Gasteiger partial charge in [0.25, 0.3) is 0 Å². The van der Waals surface area contributed by atoms with E-state index in [2.05, 4.69) is 0 Å². The van der Waals surface area contributed by atoms with E-state index in [0.717, 1.165) is 12.3 Å². The molecule has 2 fully saturated rings. The molecule has 3 atom stereocenters. The fraction of sp³-hybridized carbons (Fsp3) is 1.00. The lowest BCUT2D eigenvalue weighted by Crippen LogP contribution is -2.13. The summed E-state index contributed by atoms with van der Waals surface area (Å²) < 4.78 is 0. The second-order valence-corrected chi connectivity index (χ2v) is 3.50. The SMILES string of the molecule is O[C@H]1CCC2CCCC21. The molecule has 0 aromatic rings. The lowest BCUT2D eigenvalue weighted by molar-refractivity contribution is 0.126. The summed E-state index contributed by atoms with van der Waals surface area (Å²) in [6.45, 7) is 0. The van der Waals surface area contributed by atoms with Crippen LogP contribution in [0.1, 0.15) is 32.1 Å². The summed E-state index contributed by atoms with van der Waals surface area (Å²) in [7, 11) is 0. The molecule has 0 bridgehead atoms. The fourth-order valence-corrected chi connectivity index (χ4v) is 2.53. The molecule has 2 aliphatic rings. The summed E-state index contributed by atoms with van der Waals surface area (Å²) in [5, 5.41) is 9.40. The largest absolute Gasteiger partial charge is 0.393 e. The van der Waals surface area contributed by atoms with E-state index in [1.54, 1.807) is 0 Å². The van der Waals surface area contributed by atoms with Gasteiger partial charge in [0.2, 0.25) is 0 Å². The molecule has 2 unspecified atom stereocenters. The Balaban J connectivity index is 2.07. The van der Waals surface area contributed by atoms with Crippen LogP contribution in [-0.2, 0) is 0 Å². The maximum Gasteiger partial charge on any atom is 0.0571 e. The molecular formula is C8H14O. The van der Waals surface area contributed by atoms with Crippen molar-refractivity contribution >= 4 is 0 Å². The monoisotopic (exact) mass is 126 g/mol. The van der Waals surface area contributed by atoms with Crippen LogP contribution >= 0.6 is 0 Å². The van der Waals surface area contributed by atoms with Gasteiger partial charge in [0, 0.05) is 0 Å². The van der Waals surface area contributed by atoms with Crippen LogP contribution in [0.25, 0.3) is 0 Å². The van der Waals surface area contributed by atoms with E-state index in [9.17, 15) is 5.11 Å². The average molecular weight is 126 g/mol. The normalized spacial score (nSPS) is 49.7. The zero-order valence-electron chi connectivity index (χ0n) is 5.71. The van der Waals surface area contributed by atoms with E-state index >= 15 is 0 Å². The van der Waals surface area contributed by atoms with E-state index in [1.807, 2.05) is 0 Å². The molecule has 2 saturated carbocycles. The number of rotatable bonds is 0. The number of hydrogen-bond acceptors (Lipinski definition) is 1. The van der Waals surface area contributed by atoms with Crippen LogP contribution < -0.4 is 0 Å². The van der Waals surface area contributed by atoms with Crippen LogP contribution in [0.4, 0.5) is 0 Å². The highest BCUT2D eigenvalue weighted by molar-refractivity contribution is 4.88. The Labute approximate surface area is 56.1 Å². The minimum Gasteiger partial charge on any atom is -0.393 e. The number of aliphatic hydroxyl groups is 1. The van der Waals surface area contributed by atoms with Gasteiger partial charge in [-0.2, -0.15) is 0 Å². The Hall–Kier alpha value is -0.0400. The Kier molecular flexibility index (Phi) is 1.26. The maximum atomic E-state index is 9.40. The third-order valence-electron chi connectivity index (χ3n) is 3.05. The number of fused-ring (bicyclic) bond motifs is 1. The van der Waals surface area contributed by atoms with Gasteiger partial charge < -0.3 is 5.11 Å². The molecule has 0 aliphatic heterocycles. The molecule has 52 valence electrons. The molecule has 9 heavy (non-hydrogen) atoms. The molecule has 1 nitrogen and oxygen atoms in total. The molecule has 0 radical (unpaired) electrons. The third-order valence-corrected chi connectivity index (χ3v) is 3.05. The van der Waals surface area contributed by atoms with Crippen molar-refractivity contribution in [3.63, 3.8) is 0 Å². The smallest absolute Gasteiger partial charge is 0.0571 e. The van der Waals surface area contributed by atoms with Gasteiger partial charge in [0.05, 0.1) is 6.10 Å². The average Bonchev–Trinajstić information content (AvgIpc) is 2.35. The zero-order chi connectivity index (χ0) is 6.27. The molecule has 2 rings (SSSR count). The summed E-state index contributed by atoms with van der Waals surface area (Å²) in [5.41, 5.74) is 0. The van der Waals surface area contributed by atoms with Crippen LogP contribution in [0.15, 0.2) is 0 Å². The van der Waals surface area contributed by atoms with Crippen LogP contribution in [0.2, 0.25) is 0 Å². The second-order valence-electron chi connectivity index (χ2n) is 3.50. The van der Waals surface area contributed by atoms with Gasteiger partial charge in [0.15, 0.2) is 0 Å². The van der Waals surface area contributed by atoms with Gasteiger partial charge in [-0.05, 0) is 31.1 Å². The first kappa shape index (κ1) is 5.72. The lowest BCUT2D eigenvalue weighted by atomic mass is 9.99. The van der Waals surface area contributed by atoms with Gasteiger partial charge in [-0.15, -0.1) is 0 Å². The molecule has 1 heteroatoms. The highest BCUT2D eigenvalue weighted by atomic mass is 16.3. The standard InChI is InChI=1S/C8H14O/c9-8-5-4-6-2-1-3-7(6)8/h6-9H,1-5H2/t6?,7?,8-/m0/s1. The summed E-state index contributed by atoms with van der Waals surface area (Å²) in [4.78, 5) is 0. The quantitative estimate of drug-likeness (QED) is 0.522. The van der Waals surface area contributed by atoms with Crippen molar-refractivity contribution in [2.45, 2.75) is 38.2 Å². The van der Waals surface area contributed by atoms with Crippen LogP contribution in [-0.4, -0.2) is 11.2 Å². The van der Waals surface area contributed by atoms with Crippen molar-refractivity contribution < 1.29 is 5.11 Å². The van der Waals surface area contributed by atoms with Crippen molar-refractivity contribution in [1.29, 1.82) is 0 Å². The predicted octanol–water partition coefficient (Wildman–Crippen LogP) is 1.56. The maximum absolute atomic E-state index is 9.40. The first-order valence-electron chi connectivity index (χ1n) is 4.06. The van der Waals surface area contributed by atoms with E-state index < -0.39 is 0 Å². The number of aliphatic hydroxyl groups excluding tert-OH is 1. The first-order chi connectivity index (χ1) is 4.38. The van der Waals surface area contributed by atoms with E-state index in [1.165, 1.54) is 25.7 Å². The minimum atomic E-state index is 0.0671. The van der Waals surface area contributed by atoms with Crippen molar-refractivity contribution in [3.05, 3.63) is 0 Å². The molecule has 0 aromatic heterocycles. The highest BCUT2D eigenvalue weighted by Gasteiger charge is 2.37. The van der Waals surface area contributed by atoms with Crippen LogP contribution in [0, 0.1) is 11.8 Å². The molecule has 0 spiro atoms. The van der Waals surface area contributed by atoms with Crippen LogP contribution in [0.3, 0.4) is 0 Å².